The summed E-state index contributed by atoms with van der Waals surface area (Å²) in [5.74, 6) is 0. The van der Waals surface area contributed by atoms with Gasteiger partial charge in [0.1, 0.15) is 10.0 Å². The van der Waals surface area contributed by atoms with E-state index in [1.165, 1.54) is 11.8 Å². The molecule has 0 spiro atoms. The van der Waals surface area contributed by atoms with Crippen molar-refractivity contribution in [3.63, 3.8) is 0 Å². The molecule has 2 N–H and O–H groups in total. The van der Waals surface area contributed by atoms with Crippen LogP contribution in [0.1, 0.15) is 23.5 Å². The van der Waals surface area contributed by atoms with Gasteiger partial charge in [0.25, 0.3) is 0 Å². The molecule has 0 aliphatic rings. The first-order valence-corrected chi connectivity index (χ1v) is 6.48. The zero-order valence-corrected chi connectivity index (χ0v) is 10.7. The Morgan fingerprint density at radius 1 is 1.44 bits per heavy atom. The molecule has 0 aliphatic carbocycles. The first kappa shape index (κ1) is 11.5. The highest BCUT2D eigenvalue weighted by molar-refractivity contribution is 8.01. The summed E-state index contributed by atoms with van der Waals surface area (Å²) in [6, 6.07) is 3.95. The third kappa shape index (κ3) is 2.78. The van der Waals surface area contributed by atoms with E-state index in [0.717, 1.165) is 19.9 Å². The Morgan fingerprint density at radius 3 is 2.88 bits per heavy atom. The quantitative estimate of drug-likeness (QED) is 0.908. The fourth-order valence-corrected chi connectivity index (χ4v) is 2.94. The number of rotatable bonds is 3. The van der Waals surface area contributed by atoms with Crippen molar-refractivity contribution >= 4 is 23.1 Å². The molecule has 2 rings (SSSR count). The van der Waals surface area contributed by atoms with Crippen LogP contribution in [0.2, 0.25) is 0 Å². The second-order valence-corrected chi connectivity index (χ2v) is 5.85. The molecular formula is C10H12N4S2. The van der Waals surface area contributed by atoms with Crippen molar-refractivity contribution in [1.82, 2.24) is 15.2 Å². The van der Waals surface area contributed by atoms with Gasteiger partial charge in [-0.05, 0) is 43.3 Å². The molecule has 0 bridgehead atoms. The minimum Gasteiger partial charge on any atom is -0.324 e. The maximum atomic E-state index is 5.82. The van der Waals surface area contributed by atoms with Crippen LogP contribution < -0.4 is 5.73 Å². The Labute approximate surface area is 102 Å². The Hall–Kier alpha value is -0.980. The summed E-state index contributed by atoms with van der Waals surface area (Å²) < 4.78 is 0.909. The van der Waals surface area contributed by atoms with Gasteiger partial charge in [-0.3, -0.25) is 0 Å². The molecule has 0 saturated heterocycles. The molecule has 0 saturated carbocycles. The van der Waals surface area contributed by atoms with E-state index in [1.807, 2.05) is 26.0 Å². The number of nitrogens with zero attached hydrogens (tertiary/aromatic N) is 3. The zero-order valence-electron chi connectivity index (χ0n) is 9.04. The highest BCUT2D eigenvalue weighted by Crippen LogP contribution is 2.29. The third-order valence-electron chi connectivity index (χ3n) is 1.98. The van der Waals surface area contributed by atoms with Crippen molar-refractivity contribution in [3.8, 4) is 0 Å². The second-order valence-electron chi connectivity index (χ2n) is 3.41. The van der Waals surface area contributed by atoms with Crippen LogP contribution in [-0.2, 0) is 0 Å². The van der Waals surface area contributed by atoms with Crippen molar-refractivity contribution in [2.45, 2.75) is 29.3 Å². The zero-order chi connectivity index (χ0) is 11.5. The molecule has 1 unspecified atom stereocenters. The summed E-state index contributed by atoms with van der Waals surface area (Å²) in [6.45, 7) is 3.90. The molecule has 84 valence electrons. The summed E-state index contributed by atoms with van der Waals surface area (Å²) in [5.41, 5.74) is 6.90. The van der Waals surface area contributed by atoms with E-state index < -0.39 is 0 Å². The van der Waals surface area contributed by atoms with Gasteiger partial charge in [-0.15, -0.1) is 10.2 Å². The Balaban J connectivity index is 2.18. The van der Waals surface area contributed by atoms with Gasteiger partial charge in [0.2, 0.25) is 0 Å². The summed E-state index contributed by atoms with van der Waals surface area (Å²) in [4.78, 5) is 4.27. The van der Waals surface area contributed by atoms with E-state index in [0.29, 0.717) is 0 Å². The van der Waals surface area contributed by atoms with Crippen molar-refractivity contribution in [2.24, 2.45) is 5.73 Å². The van der Waals surface area contributed by atoms with Crippen LogP contribution in [-0.4, -0.2) is 15.2 Å². The lowest BCUT2D eigenvalue weighted by Gasteiger charge is -2.05. The van der Waals surface area contributed by atoms with Gasteiger partial charge in [-0.25, -0.2) is 4.98 Å². The van der Waals surface area contributed by atoms with Gasteiger partial charge >= 0.3 is 0 Å². The van der Waals surface area contributed by atoms with Gasteiger partial charge < -0.3 is 5.73 Å². The molecule has 0 radical (unpaired) electrons. The minimum absolute atomic E-state index is 0.0264. The molecule has 0 amide bonds. The smallest absolute Gasteiger partial charge is 0.180 e. The van der Waals surface area contributed by atoms with Crippen LogP contribution in [0.15, 0.2) is 27.7 Å². The first-order chi connectivity index (χ1) is 7.65. The van der Waals surface area contributed by atoms with Crippen LogP contribution in [0.3, 0.4) is 0 Å². The number of hydrogen-bond donors (Lipinski definition) is 1. The lowest BCUT2D eigenvalue weighted by molar-refractivity contribution is 0.808. The first-order valence-electron chi connectivity index (χ1n) is 4.84. The highest BCUT2D eigenvalue weighted by Gasteiger charge is 2.06. The summed E-state index contributed by atoms with van der Waals surface area (Å²) in [7, 11) is 0. The summed E-state index contributed by atoms with van der Waals surface area (Å²) in [6.07, 6.45) is 1.77. The predicted molar refractivity (Wildman–Crippen MR) is 65.6 cm³/mol. The maximum Gasteiger partial charge on any atom is 0.180 e. The molecule has 16 heavy (non-hydrogen) atoms. The topological polar surface area (TPSA) is 64.7 Å². The number of pyridine rings is 1. The van der Waals surface area contributed by atoms with Gasteiger partial charge in [0.05, 0.1) is 0 Å². The summed E-state index contributed by atoms with van der Waals surface area (Å²) in [5, 5.41) is 9.88. The van der Waals surface area contributed by atoms with E-state index in [1.54, 1.807) is 17.5 Å². The largest absolute Gasteiger partial charge is 0.324 e. The Kier molecular flexibility index (Phi) is 3.52. The number of aromatic nitrogens is 3. The normalized spacial score (nSPS) is 12.7. The third-order valence-corrected chi connectivity index (χ3v) is 3.81. The Morgan fingerprint density at radius 2 is 2.25 bits per heavy atom. The average molecular weight is 252 g/mol. The molecule has 0 fully saturated rings. The maximum absolute atomic E-state index is 5.82. The second kappa shape index (κ2) is 4.90. The molecule has 0 aliphatic heterocycles. The van der Waals surface area contributed by atoms with Crippen molar-refractivity contribution < 1.29 is 0 Å². The van der Waals surface area contributed by atoms with Gasteiger partial charge in [-0.2, -0.15) is 0 Å². The van der Waals surface area contributed by atoms with Crippen molar-refractivity contribution in [3.05, 3.63) is 28.9 Å². The summed E-state index contributed by atoms with van der Waals surface area (Å²) >= 11 is 3.08. The lowest BCUT2D eigenvalue weighted by atomic mass is 10.1. The molecule has 6 heteroatoms. The van der Waals surface area contributed by atoms with Crippen LogP contribution in [0, 0.1) is 6.92 Å². The number of aryl methyl sites for hydroxylation is 1. The van der Waals surface area contributed by atoms with E-state index in [2.05, 4.69) is 15.2 Å². The molecule has 2 aromatic heterocycles. The van der Waals surface area contributed by atoms with Gasteiger partial charge in [0, 0.05) is 12.2 Å². The molecule has 4 nitrogen and oxygen atoms in total. The lowest BCUT2D eigenvalue weighted by Crippen LogP contribution is -2.04. The van der Waals surface area contributed by atoms with Crippen LogP contribution >= 0.6 is 23.1 Å². The number of hydrogen-bond acceptors (Lipinski definition) is 6. The van der Waals surface area contributed by atoms with E-state index in [-0.39, 0.29) is 6.04 Å². The predicted octanol–water partition coefficient (Wildman–Crippen LogP) is 2.41. The van der Waals surface area contributed by atoms with E-state index in [4.69, 9.17) is 5.73 Å². The SMILES string of the molecule is Cc1nnc(Sc2cc(C(C)N)ccn2)s1. The molecule has 2 heterocycles. The van der Waals surface area contributed by atoms with Crippen LogP contribution in [0.25, 0.3) is 0 Å². The Bertz CT molecular complexity index is 481. The molecule has 2 aromatic rings. The number of nitrogens with two attached hydrogens (primary N) is 1. The van der Waals surface area contributed by atoms with Crippen molar-refractivity contribution in [1.29, 1.82) is 0 Å². The molecule has 1 atom stereocenters. The monoisotopic (exact) mass is 252 g/mol. The average Bonchev–Trinajstić information content (AvgIpc) is 2.64. The van der Waals surface area contributed by atoms with Crippen LogP contribution in [0.5, 0.6) is 0 Å². The van der Waals surface area contributed by atoms with Gasteiger partial charge in [0.15, 0.2) is 4.34 Å². The standard InChI is InChI=1S/C10H12N4S2/c1-6(11)8-3-4-12-9(5-8)16-10-14-13-7(2)15-10/h3-6H,11H2,1-2H3. The molecular weight excluding hydrogens is 240 g/mol. The minimum atomic E-state index is 0.0264. The molecule has 0 aromatic carbocycles. The van der Waals surface area contributed by atoms with Gasteiger partial charge in [-0.1, -0.05) is 11.3 Å². The van der Waals surface area contributed by atoms with E-state index >= 15 is 0 Å². The fraction of sp³-hybridized carbons (Fsp3) is 0.300. The highest BCUT2D eigenvalue weighted by atomic mass is 32.2. The van der Waals surface area contributed by atoms with Crippen molar-refractivity contribution in [2.75, 3.05) is 0 Å². The fourth-order valence-electron chi connectivity index (χ4n) is 1.17. The van der Waals surface area contributed by atoms with E-state index in [9.17, 15) is 0 Å². The van der Waals surface area contributed by atoms with Crippen LogP contribution in [0.4, 0.5) is 0 Å².